The smallest absolute Gasteiger partial charge is 0.322 e. The number of rotatable bonds is 3. The number of nitrogens with one attached hydrogen (secondary N) is 3. The minimum atomic E-state index is -1.20. The highest BCUT2D eigenvalue weighted by Gasteiger charge is 2.43. The Kier molecular flexibility index (Phi) is 4.29. The highest BCUT2D eigenvalue weighted by atomic mass is 16.3. The summed E-state index contributed by atoms with van der Waals surface area (Å²) >= 11 is 0. The third kappa shape index (κ3) is 3.41. The lowest BCUT2D eigenvalue weighted by Gasteiger charge is -2.34. The van der Waals surface area contributed by atoms with Gasteiger partial charge in [-0.15, -0.1) is 0 Å². The summed E-state index contributed by atoms with van der Waals surface area (Å²) < 4.78 is 5.84. The maximum Gasteiger partial charge on any atom is 0.322 e. The molecule has 2 heterocycles. The van der Waals surface area contributed by atoms with Crippen molar-refractivity contribution >= 4 is 17.8 Å². The number of furan rings is 1. The summed E-state index contributed by atoms with van der Waals surface area (Å²) in [4.78, 5) is 36.8. The summed E-state index contributed by atoms with van der Waals surface area (Å²) in [5, 5.41) is 7.99. The van der Waals surface area contributed by atoms with E-state index in [4.69, 9.17) is 4.42 Å². The van der Waals surface area contributed by atoms with E-state index in [1.807, 2.05) is 13.0 Å². The second kappa shape index (κ2) is 6.47. The molecule has 7 nitrogen and oxygen atoms in total. The van der Waals surface area contributed by atoms with Crippen molar-refractivity contribution < 1.29 is 18.8 Å². The first-order valence-corrected chi connectivity index (χ1v) is 9.72. The number of hydrogen-bond acceptors (Lipinski definition) is 4. The fourth-order valence-corrected chi connectivity index (χ4v) is 4.27. The molecular formula is C22H25N3O4. The monoisotopic (exact) mass is 395 g/mol. The normalized spacial score (nSPS) is 25.2. The molecule has 0 radical (unpaired) electrons. The summed E-state index contributed by atoms with van der Waals surface area (Å²) in [5.41, 5.74) is 0.826. The number of amides is 4. The molecule has 2 aromatic rings. The van der Waals surface area contributed by atoms with E-state index in [1.165, 1.54) is 0 Å². The molecular weight excluding hydrogens is 370 g/mol. The molecule has 2 aliphatic rings. The molecule has 0 spiro atoms. The van der Waals surface area contributed by atoms with Gasteiger partial charge in [-0.25, -0.2) is 4.79 Å². The van der Waals surface area contributed by atoms with Crippen LogP contribution < -0.4 is 16.0 Å². The molecule has 1 aliphatic heterocycles. The van der Waals surface area contributed by atoms with Crippen LogP contribution in [-0.2, 0) is 16.8 Å². The van der Waals surface area contributed by atoms with Crippen LogP contribution >= 0.6 is 0 Å². The van der Waals surface area contributed by atoms with E-state index in [0.717, 1.165) is 29.9 Å². The van der Waals surface area contributed by atoms with Gasteiger partial charge in [0.1, 0.15) is 17.1 Å². The van der Waals surface area contributed by atoms with Gasteiger partial charge in [0.05, 0.1) is 6.04 Å². The molecule has 1 aromatic carbocycles. The number of hydrogen-bond donors (Lipinski definition) is 3. The Bertz CT molecular complexity index is 1020. The Labute approximate surface area is 169 Å². The lowest BCUT2D eigenvalue weighted by molar-refractivity contribution is -0.123. The van der Waals surface area contributed by atoms with Crippen LogP contribution in [0.5, 0.6) is 0 Å². The molecule has 1 saturated heterocycles. The predicted molar refractivity (Wildman–Crippen MR) is 106 cm³/mol. The molecule has 29 heavy (non-hydrogen) atoms. The van der Waals surface area contributed by atoms with Crippen LogP contribution in [0.15, 0.2) is 34.7 Å². The molecule has 152 valence electrons. The van der Waals surface area contributed by atoms with E-state index in [-0.39, 0.29) is 17.4 Å². The molecule has 2 atom stereocenters. The lowest BCUT2D eigenvalue weighted by atomic mass is 9.74. The first-order chi connectivity index (χ1) is 13.6. The Morgan fingerprint density at radius 2 is 1.97 bits per heavy atom. The topological polar surface area (TPSA) is 100 Å². The lowest BCUT2D eigenvalue weighted by Crippen LogP contribution is -2.41. The predicted octanol–water partition coefficient (Wildman–Crippen LogP) is 3.09. The van der Waals surface area contributed by atoms with Crippen LogP contribution in [0.2, 0.25) is 0 Å². The van der Waals surface area contributed by atoms with E-state index >= 15 is 0 Å². The standard InChI is InChI=1S/C22H25N3O4/c1-12-8-15-16(10-21(2,3)11-17(15)29-12)23-18(26)13-6-5-7-14(9-13)22(4)19(27)24-20(28)25-22/h5-9,16H,10-11H2,1-4H3,(H,23,26)(H2,24,25,27,28). The van der Waals surface area contributed by atoms with Crippen molar-refractivity contribution in [3.05, 3.63) is 58.5 Å². The quantitative estimate of drug-likeness (QED) is 0.695. The Hall–Kier alpha value is -3.09. The number of imide groups is 1. The van der Waals surface area contributed by atoms with Crippen molar-refractivity contribution in [1.29, 1.82) is 0 Å². The Morgan fingerprint density at radius 3 is 2.66 bits per heavy atom. The van der Waals surface area contributed by atoms with E-state index < -0.39 is 17.5 Å². The van der Waals surface area contributed by atoms with Gasteiger partial charge in [0.2, 0.25) is 0 Å². The number of benzene rings is 1. The second-order valence-corrected chi connectivity index (χ2v) is 8.92. The molecule has 4 rings (SSSR count). The fraction of sp³-hybridized carbons (Fsp3) is 0.409. The Balaban J connectivity index is 1.60. The average Bonchev–Trinajstić information content (AvgIpc) is 3.12. The highest BCUT2D eigenvalue weighted by molar-refractivity contribution is 6.07. The number of aryl methyl sites for hydroxylation is 1. The SMILES string of the molecule is Cc1cc2c(o1)CC(C)(C)CC2NC(=O)c1cccc(C2(C)NC(=O)NC2=O)c1. The van der Waals surface area contributed by atoms with Crippen molar-refractivity contribution in [2.75, 3.05) is 0 Å². The highest BCUT2D eigenvalue weighted by Crippen LogP contribution is 2.42. The van der Waals surface area contributed by atoms with Crippen molar-refractivity contribution in [2.24, 2.45) is 5.41 Å². The molecule has 1 aromatic heterocycles. The third-order valence-corrected chi connectivity index (χ3v) is 5.79. The molecule has 3 N–H and O–H groups in total. The summed E-state index contributed by atoms with van der Waals surface area (Å²) in [6, 6.07) is 8.09. The van der Waals surface area contributed by atoms with Gasteiger partial charge < -0.3 is 15.1 Å². The van der Waals surface area contributed by atoms with Crippen LogP contribution in [0.25, 0.3) is 0 Å². The van der Waals surface area contributed by atoms with Gasteiger partial charge in [0.15, 0.2) is 0 Å². The number of carbonyl (C=O) groups is 3. The first kappa shape index (κ1) is 19.2. The van der Waals surface area contributed by atoms with Gasteiger partial charge in [0, 0.05) is 17.5 Å². The minimum Gasteiger partial charge on any atom is -0.466 e. The van der Waals surface area contributed by atoms with Crippen molar-refractivity contribution in [2.45, 2.75) is 52.1 Å². The van der Waals surface area contributed by atoms with Crippen LogP contribution in [0, 0.1) is 12.3 Å². The summed E-state index contributed by atoms with van der Waals surface area (Å²) in [5.74, 6) is 1.10. The van der Waals surface area contributed by atoms with Crippen LogP contribution in [0.1, 0.15) is 66.2 Å². The second-order valence-electron chi connectivity index (χ2n) is 8.92. The number of urea groups is 1. The van der Waals surface area contributed by atoms with Crippen LogP contribution in [-0.4, -0.2) is 17.8 Å². The van der Waals surface area contributed by atoms with Gasteiger partial charge in [0.25, 0.3) is 11.8 Å². The fourth-order valence-electron chi connectivity index (χ4n) is 4.27. The summed E-state index contributed by atoms with van der Waals surface area (Å²) in [6.45, 7) is 7.86. The van der Waals surface area contributed by atoms with Crippen LogP contribution in [0.3, 0.4) is 0 Å². The van der Waals surface area contributed by atoms with Gasteiger partial charge in [-0.2, -0.15) is 0 Å². The number of carbonyl (C=O) groups excluding carboxylic acids is 3. The molecule has 0 saturated carbocycles. The van der Waals surface area contributed by atoms with E-state index in [9.17, 15) is 14.4 Å². The maximum absolute atomic E-state index is 13.0. The molecule has 2 unspecified atom stereocenters. The molecule has 7 heteroatoms. The van der Waals surface area contributed by atoms with Gasteiger partial charge in [-0.1, -0.05) is 26.0 Å². The summed E-state index contributed by atoms with van der Waals surface area (Å²) in [7, 11) is 0. The average molecular weight is 395 g/mol. The minimum absolute atomic E-state index is 0.0107. The zero-order valence-corrected chi connectivity index (χ0v) is 17.0. The Morgan fingerprint density at radius 1 is 1.21 bits per heavy atom. The zero-order valence-electron chi connectivity index (χ0n) is 17.0. The molecule has 1 aliphatic carbocycles. The van der Waals surface area contributed by atoms with E-state index in [1.54, 1.807) is 31.2 Å². The largest absolute Gasteiger partial charge is 0.466 e. The summed E-state index contributed by atoms with van der Waals surface area (Å²) in [6.07, 6.45) is 1.64. The molecule has 4 amide bonds. The molecule has 1 fully saturated rings. The molecule has 0 bridgehead atoms. The van der Waals surface area contributed by atoms with Gasteiger partial charge in [-0.05, 0) is 49.4 Å². The van der Waals surface area contributed by atoms with E-state index in [2.05, 4.69) is 29.8 Å². The zero-order chi connectivity index (χ0) is 21.0. The maximum atomic E-state index is 13.0. The van der Waals surface area contributed by atoms with E-state index in [0.29, 0.717) is 11.1 Å². The first-order valence-electron chi connectivity index (χ1n) is 9.72. The van der Waals surface area contributed by atoms with Gasteiger partial charge >= 0.3 is 6.03 Å². The van der Waals surface area contributed by atoms with Gasteiger partial charge in [-0.3, -0.25) is 14.9 Å². The third-order valence-electron chi connectivity index (χ3n) is 5.79. The van der Waals surface area contributed by atoms with Crippen molar-refractivity contribution in [3.63, 3.8) is 0 Å². The van der Waals surface area contributed by atoms with Crippen LogP contribution in [0.4, 0.5) is 4.79 Å². The van der Waals surface area contributed by atoms with Crippen molar-refractivity contribution in [1.82, 2.24) is 16.0 Å². The van der Waals surface area contributed by atoms with Crippen molar-refractivity contribution in [3.8, 4) is 0 Å². The number of fused-ring (bicyclic) bond motifs is 1.